The minimum Gasteiger partial charge on any atom is -0.484 e. The zero-order valence-electron chi connectivity index (χ0n) is 28.1. The second-order valence-electron chi connectivity index (χ2n) is 13.6. The first-order valence-electron chi connectivity index (χ1n) is 17.4. The molecule has 0 saturated carbocycles. The SMILES string of the molecule is NC(=O)COc1ccc(C[C@@H](C[C@H](O)CN2C(=O)[C@@H](Cc3ccccc3)C[C@@H]2Cc2ccccc2)C(=O)N[C@H]2c3ccccc3C[C@H]2O)cc1. The first kappa shape index (κ1) is 34.9. The molecule has 1 fully saturated rings. The second-order valence-corrected chi connectivity index (χ2v) is 13.6. The number of amides is 3. The van der Waals surface area contributed by atoms with Gasteiger partial charge in [-0.2, -0.15) is 0 Å². The number of nitrogens with zero attached hydrogens (tertiary/aromatic N) is 1. The molecule has 0 bridgehead atoms. The molecule has 1 aliphatic carbocycles. The lowest BCUT2D eigenvalue weighted by Crippen LogP contribution is -2.43. The van der Waals surface area contributed by atoms with Crippen molar-refractivity contribution in [2.45, 2.75) is 62.8 Å². The van der Waals surface area contributed by atoms with Crippen molar-refractivity contribution in [3.63, 3.8) is 0 Å². The van der Waals surface area contributed by atoms with Crippen molar-refractivity contribution in [2.75, 3.05) is 13.2 Å². The summed E-state index contributed by atoms with van der Waals surface area (Å²) in [6.45, 7) is -0.130. The summed E-state index contributed by atoms with van der Waals surface area (Å²) in [5.74, 6) is -1.23. The van der Waals surface area contributed by atoms with Gasteiger partial charge in [0.15, 0.2) is 6.61 Å². The van der Waals surface area contributed by atoms with Gasteiger partial charge < -0.3 is 30.9 Å². The summed E-state index contributed by atoms with van der Waals surface area (Å²) in [5, 5.41) is 25.6. The Kier molecular flexibility index (Phi) is 11.3. The largest absolute Gasteiger partial charge is 0.484 e. The van der Waals surface area contributed by atoms with E-state index in [0.29, 0.717) is 37.9 Å². The van der Waals surface area contributed by atoms with Gasteiger partial charge in [0.1, 0.15) is 5.75 Å². The van der Waals surface area contributed by atoms with Gasteiger partial charge in [-0.1, -0.05) is 97.1 Å². The van der Waals surface area contributed by atoms with E-state index in [0.717, 1.165) is 27.8 Å². The predicted molar refractivity (Wildman–Crippen MR) is 190 cm³/mol. The van der Waals surface area contributed by atoms with Gasteiger partial charge in [0, 0.05) is 30.8 Å². The van der Waals surface area contributed by atoms with Crippen LogP contribution in [0.15, 0.2) is 109 Å². The molecule has 9 heteroatoms. The summed E-state index contributed by atoms with van der Waals surface area (Å²) < 4.78 is 5.40. The number of β-amino-alcohol motifs (C(OH)–C–C–N with tert-alkyl or cyclic N) is 1. The molecule has 6 rings (SSSR count). The Balaban J connectivity index is 1.19. The number of carbonyl (C=O) groups excluding carboxylic acids is 3. The first-order chi connectivity index (χ1) is 24.2. The molecule has 0 aromatic heterocycles. The smallest absolute Gasteiger partial charge is 0.255 e. The molecule has 6 atom stereocenters. The standard InChI is InChI=1S/C41H45N3O6/c42-38(47)26-50-35-17-15-29(16-18-35)19-31(40(48)43-39-36-14-8-7-13-30(36)24-37(39)46)23-34(45)25-44-33(21-28-11-5-2-6-12-28)22-32(41(44)49)20-27-9-3-1-4-10-27/h1-18,31-34,37,39,45-46H,19-26H2,(H2,42,47)(H,43,48)/t31-,32-,33-,34-,37+,39-/m0/s1. The van der Waals surface area contributed by atoms with E-state index < -0.39 is 30.1 Å². The lowest BCUT2D eigenvalue weighted by molar-refractivity contribution is -0.133. The normalized spacial score (nSPS) is 21.0. The third-order valence-corrected chi connectivity index (χ3v) is 9.89. The summed E-state index contributed by atoms with van der Waals surface area (Å²) >= 11 is 0. The van der Waals surface area contributed by atoms with E-state index in [4.69, 9.17) is 10.5 Å². The van der Waals surface area contributed by atoms with Crippen LogP contribution in [0.1, 0.15) is 46.7 Å². The molecule has 0 spiro atoms. The Hall–Kier alpha value is -4.99. The van der Waals surface area contributed by atoms with E-state index in [2.05, 4.69) is 17.4 Å². The van der Waals surface area contributed by atoms with Crippen molar-refractivity contribution < 1.29 is 29.3 Å². The first-order valence-corrected chi connectivity index (χ1v) is 17.4. The van der Waals surface area contributed by atoms with Gasteiger partial charge in [0.2, 0.25) is 11.8 Å². The van der Waals surface area contributed by atoms with Gasteiger partial charge in [-0.25, -0.2) is 0 Å². The van der Waals surface area contributed by atoms with Crippen LogP contribution in [-0.2, 0) is 40.1 Å². The van der Waals surface area contributed by atoms with E-state index in [9.17, 15) is 24.6 Å². The van der Waals surface area contributed by atoms with Crippen molar-refractivity contribution in [3.8, 4) is 5.75 Å². The lowest BCUT2D eigenvalue weighted by atomic mass is 9.91. The molecule has 50 heavy (non-hydrogen) atoms. The third-order valence-electron chi connectivity index (χ3n) is 9.89. The minimum absolute atomic E-state index is 0.0204. The van der Waals surface area contributed by atoms with E-state index in [1.54, 1.807) is 12.1 Å². The molecule has 3 amide bonds. The highest BCUT2D eigenvalue weighted by molar-refractivity contribution is 5.82. The molecular weight excluding hydrogens is 630 g/mol. The van der Waals surface area contributed by atoms with Crippen LogP contribution in [0.4, 0.5) is 0 Å². The maximum absolute atomic E-state index is 14.0. The van der Waals surface area contributed by atoms with Crippen molar-refractivity contribution >= 4 is 17.7 Å². The van der Waals surface area contributed by atoms with Crippen molar-refractivity contribution in [3.05, 3.63) is 137 Å². The molecule has 1 aliphatic heterocycles. The molecule has 9 nitrogen and oxygen atoms in total. The monoisotopic (exact) mass is 675 g/mol. The van der Waals surface area contributed by atoms with Gasteiger partial charge in [-0.15, -0.1) is 0 Å². The Morgan fingerprint density at radius 1 is 0.860 bits per heavy atom. The quantitative estimate of drug-likeness (QED) is 0.151. The van der Waals surface area contributed by atoms with E-state index in [-0.39, 0.29) is 43.3 Å². The number of hydrogen-bond donors (Lipinski definition) is 4. The molecular formula is C41H45N3O6. The second kappa shape index (κ2) is 16.1. The van der Waals surface area contributed by atoms with Crippen LogP contribution in [-0.4, -0.2) is 64.2 Å². The Morgan fingerprint density at radius 2 is 1.50 bits per heavy atom. The number of benzene rings is 4. The van der Waals surface area contributed by atoms with Crippen LogP contribution in [0.2, 0.25) is 0 Å². The van der Waals surface area contributed by atoms with Gasteiger partial charge in [0.05, 0.1) is 18.2 Å². The molecule has 4 aromatic carbocycles. The number of ether oxygens (including phenoxy) is 1. The number of aliphatic hydroxyl groups excluding tert-OH is 2. The topological polar surface area (TPSA) is 142 Å². The number of carbonyl (C=O) groups is 3. The average Bonchev–Trinajstić information content (AvgIpc) is 3.58. The summed E-state index contributed by atoms with van der Waals surface area (Å²) in [7, 11) is 0. The maximum atomic E-state index is 14.0. The van der Waals surface area contributed by atoms with Gasteiger partial charge in [0.25, 0.3) is 5.91 Å². The van der Waals surface area contributed by atoms with Crippen LogP contribution >= 0.6 is 0 Å². The van der Waals surface area contributed by atoms with E-state index in [1.165, 1.54) is 0 Å². The number of hydrogen-bond acceptors (Lipinski definition) is 6. The van der Waals surface area contributed by atoms with E-state index in [1.807, 2.05) is 89.8 Å². The lowest BCUT2D eigenvalue weighted by Gasteiger charge is -2.29. The highest BCUT2D eigenvalue weighted by Gasteiger charge is 2.41. The predicted octanol–water partition coefficient (Wildman–Crippen LogP) is 3.94. The molecule has 2 aliphatic rings. The molecule has 1 saturated heterocycles. The van der Waals surface area contributed by atoms with Crippen LogP contribution in [0.3, 0.4) is 0 Å². The summed E-state index contributed by atoms with van der Waals surface area (Å²) in [6, 6.07) is 34.2. The number of aliphatic hydroxyl groups is 2. The zero-order chi connectivity index (χ0) is 35.0. The fraction of sp³-hybridized carbons (Fsp3) is 0.341. The number of nitrogens with one attached hydrogen (secondary N) is 1. The number of fused-ring (bicyclic) bond motifs is 1. The molecule has 5 N–H and O–H groups in total. The fourth-order valence-electron chi connectivity index (χ4n) is 7.45. The third kappa shape index (κ3) is 8.77. The average molecular weight is 676 g/mol. The molecule has 4 aromatic rings. The highest BCUT2D eigenvalue weighted by Crippen LogP contribution is 2.33. The molecule has 1 heterocycles. The van der Waals surface area contributed by atoms with Gasteiger partial charge in [-0.05, 0) is 72.1 Å². The Bertz CT molecular complexity index is 1750. The highest BCUT2D eigenvalue weighted by atomic mass is 16.5. The van der Waals surface area contributed by atoms with Crippen molar-refractivity contribution in [1.82, 2.24) is 10.2 Å². The van der Waals surface area contributed by atoms with Crippen LogP contribution in [0.5, 0.6) is 5.75 Å². The minimum atomic E-state index is -0.970. The number of primary amides is 1. The molecule has 0 radical (unpaired) electrons. The number of rotatable bonds is 15. The van der Waals surface area contributed by atoms with E-state index >= 15 is 0 Å². The summed E-state index contributed by atoms with van der Waals surface area (Å²) in [5.41, 5.74) is 10.1. The van der Waals surface area contributed by atoms with Crippen molar-refractivity contribution in [1.29, 1.82) is 0 Å². The fourth-order valence-corrected chi connectivity index (χ4v) is 7.45. The van der Waals surface area contributed by atoms with Crippen LogP contribution in [0, 0.1) is 11.8 Å². The van der Waals surface area contributed by atoms with Crippen molar-refractivity contribution in [2.24, 2.45) is 17.6 Å². The zero-order valence-corrected chi connectivity index (χ0v) is 28.1. The number of likely N-dealkylation sites (tertiary alicyclic amines) is 1. The summed E-state index contributed by atoms with van der Waals surface area (Å²) in [4.78, 5) is 40.9. The Morgan fingerprint density at radius 3 is 2.18 bits per heavy atom. The molecule has 260 valence electrons. The van der Waals surface area contributed by atoms with Crippen LogP contribution < -0.4 is 15.8 Å². The maximum Gasteiger partial charge on any atom is 0.255 e. The molecule has 0 unspecified atom stereocenters. The van der Waals surface area contributed by atoms with Gasteiger partial charge >= 0.3 is 0 Å². The Labute approximate surface area is 293 Å². The van der Waals surface area contributed by atoms with Crippen LogP contribution in [0.25, 0.3) is 0 Å². The van der Waals surface area contributed by atoms with Gasteiger partial charge in [-0.3, -0.25) is 14.4 Å². The number of nitrogens with two attached hydrogens (primary N) is 1. The summed E-state index contributed by atoms with van der Waals surface area (Å²) in [6.07, 6.45) is 1.13.